The van der Waals surface area contributed by atoms with Crippen LogP contribution in [0.25, 0.3) is 11.1 Å². The molecule has 2 atom stereocenters. The summed E-state index contributed by atoms with van der Waals surface area (Å²) in [5, 5.41) is 9.45. The van der Waals surface area contributed by atoms with Gasteiger partial charge >= 0.3 is 6.09 Å². The van der Waals surface area contributed by atoms with Gasteiger partial charge in [0.1, 0.15) is 0 Å². The van der Waals surface area contributed by atoms with Crippen LogP contribution in [0, 0.1) is 23.0 Å². The topological polar surface area (TPSA) is 62.7 Å². The van der Waals surface area contributed by atoms with Crippen molar-refractivity contribution in [3.05, 3.63) is 48.3 Å². The predicted octanol–water partition coefficient (Wildman–Crippen LogP) is 5.21. The summed E-state index contributed by atoms with van der Waals surface area (Å²) >= 11 is 0. The first-order valence-electron chi connectivity index (χ1n) is 9.68. The van der Waals surface area contributed by atoms with Gasteiger partial charge in [0.25, 0.3) is 0 Å². The van der Waals surface area contributed by atoms with Gasteiger partial charge in [-0.05, 0) is 47.9 Å². The second-order valence-electron chi connectivity index (χ2n) is 8.57. The van der Waals surface area contributed by atoms with Crippen LogP contribution in [0.4, 0.5) is 13.6 Å². The van der Waals surface area contributed by atoms with E-state index < -0.39 is 23.5 Å². The van der Waals surface area contributed by atoms with E-state index in [1.165, 1.54) is 23.2 Å². The Morgan fingerprint density at radius 1 is 1.28 bits per heavy atom. The molecule has 1 aliphatic rings. The van der Waals surface area contributed by atoms with E-state index in [0.717, 1.165) is 0 Å². The fourth-order valence-electron chi connectivity index (χ4n) is 3.84. The van der Waals surface area contributed by atoms with Crippen LogP contribution >= 0.6 is 0 Å². The molecule has 0 spiro atoms. The van der Waals surface area contributed by atoms with Crippen LogP contribution in [0.1, 0.15) is 33.6 Å². The number of carboxylic acid groups (broad SMARTS) is 1. The normalized spacial score (nSPS) is 19.8. The minimum absolute atomic E-state index is 0.0200. The van der Waals surface area contributed by atoms with Gasteiger partial charge in [-0.15, -0.1) is 0 Å². The van der Waals surface area contributed by atoms with Crippen LogP contribution in [-0.2, 0) is 0 Å². The maximum Gasteiger partial charge on any atom is 0.407 e. The van der Waals surface area contributed by atoms with Gasteiger partial charge in [0.05, 0.1) is 6.61 Å². The van der Waals surface area contributed by atoms with Crippen molar-refractivity contribution in [3.63, 3.8) is 0 Å². The van der Waals surface area contributed by atoms with Crippen LogP contribution in [0.5, 0.6) is 5.75 Å². The molecular weight excluding hydrogens is 378 g/mol. The zero-order valence-electron chi connectivity index (χ0n) is 16.9. The van der Waals surface area contributed by atoms with Crippen molar-refractivity contribution < 1.29 is 23.4 Å². The summed E-state index contributed by atoms with van der Waals surface area (Å²) in [6.45, 7) is 6.50. The van der Waals surface area contributed by atoms with Gasteiger partial charge in [-0.2, -0.15) is 0 Å². The Kier molecular flexibility index (Phi) is 6.05. The third-order valence-corrected chi connectivity index (χ3v) is 5.41. The molecule has 1 aliphatic heterocycles. The van der Waals surface area contributed by atoms with Gasteiger partial charge in [-0.1, -0.05) is 26.8 Å². The molecule has 0 aliphatic carbocycles. The van der Waals surface area contributed by atoms with E-state index >= 15 is 0 Å². The van der Waals surface area contributed by atoms with E-state index in [2.05, 4.69) is 4.98 Å². The third kappa shape index (κ3) is 4.83. The summed E-state index contributed by atoms with van der Waals surface area (Å²) in [6.07, 6.45) is 3.38. The Bertz CT molecular complexity index is 845. The highest BCUT2D eigenvalue weighted by molar-refractivity contribution is 5.65. The number of piperidine rings is 1. The smallest absolute Gasteiger partial charge is 0.407 e. The second kappa shape index (κ2) is 8.35. The molecule has 5 nitrogen and oxygen atoms in total. The van der Waals surface area contributed by atoms with E-state index in [4.69, 9.17) is 4.74 Å². The zero-order chi connectivity index (χ0) is 21.2. The number of nitrogens with zero attached hydrogens (tertiary/aromatic N) is 2. The van der Waals surface area contributed by atoms with Crippen LogP contribution in [0.15, 0.2) is 36.7 Å². The molecule has 0 saturated carbocycles. The second-order valence-corrected chi connectivity index (χ2v) is 8.57. The maximum absolute atomic E-state index is 14.5. The lowest BCUT2D eigenvalue weighted by Crippen LogP contribution is -2.52. The number of halogens is 2. The van der Waals surface area contributed by atoms with Crippen molar-refractivity contribution in [2.75, 3.05) is 13.2 Å². The van der Waals surface area contributed by atoms with E-state index in [1.807, 2.05) is 20.8 Å². The minimum Gasteiger partial charge on any atom is -0.487 e. The number of hydrogen-bond acceptors (Lipinski definition) is 3. The molecule has 1 N–H and O–H groups in total. The first-order chi connectivity index (χ1) is 13.7. The molecule has 2 unspecified atom stereocenters. The summed E-state index contributed by atoms with van der Waals surface area (Å²) < 4.78 is 34.5. The van der Waals surface area contributed by atoms with Gasteiger partial charge < -0.3 is 14.7 Å². The van der Waals surface area contributed by atoms with Crippen LogP contribution in [0.3, 0.4) is 0 Å². The molecule has 29 heavy (non-hydrogen) atoms. The molecule has 1 amide bonds. The number of hydrogen-bond donors (Lipinski definition) is 1. The largest absolute Gasteiger partial charge is 0.487 e. The lowest BCUT2D eigenvalue weighted by atomic mass is 9.77. The van der Waals surface area contributed by atoms with Crippen molar-refractivity contribution >= 4 is 6.09 Å². The fourth-order valence-corrected chi connectivity index (χ4v) is 3.84. The number of benzene rings is 1. The van der Waals surface area contributed by atoms with E-state index in [0.29, 0.717) is 30.5 Å². The molecule has 3 rings (SSSR count). The molecule has 1 fully saturated rings. The lowest BCUT2D eigenvalue weighted by molar-refractivity contribution is 0.0295. The summed E-state index contributed by atoms with van der Waals surface area (Å²) in [5.41, 5.74) is 0.771. The predicted molar refractivity (Wildman–Crippen MR) is 106 cm³/mol. The van der Waals surface area contributed by atoms with Gasteiger partial charge in [0, 0.05) is 30.5 Å². The SMILES string of the molecule is CC(C)(C)C1CC(COc2c(F)cc(-c3cccnc3)cc2F)CCN1C(=O)O. The Balaban J connectivity index is 1.71. The summed E-state index contributed by atoms with van der Waals surface area (Å²) in [4.78, 5) is 16.9. The number of ether oxygens (including phenoxy) is 1. The maximum atomic E-state index is 14.5. The molecule has 1 aromatic carbocycles. The van der Waals surface area contributed by atoms with Gasteiger partial charge in [-0.25, -0.2) is 13.6 Å². The molecular formula is C22H26F2N2O3. The Morgan fingerprint density at radius 2 is 1.97 bits per heavy atom. The lowest BCUT2D eigenvalue weighted by Gasteiger charge is -2.44. The Hall–Kier alpha value is -2.70. The summed E-state index contributed by atoms with van der Waals surface area (Å²) in [7, 11) is 0. The first-order valence-corrected chi connectivity index (χ1v) is 9.68. The monoisotopic (exact) mass is 404 g/mol. The van der Waals surface area contributed by atoms with Crippen LogP contribution in [0.2, 0.25) is 0 Å². The summed E-state index contributed by atoms with van der Waals surface area (Å²) in [5.74, 6) is -1.91. The van der Waals surface area contributed by atoms with Crippen LogP contribution in [-0.4, -0.2) is 40.3 Å². The summed E-state index contributed by atoms with van der Waals surface area (Å²) in [6, 6.07) is 5.72. The fraction of sp³-hybridized carbons (Fsp3) is 0.455. The molecule has 2 heterocycles. The number of rotatable bonds is 4. The average molecular weight is 404 g/mol. The minimum atomic E-state index is -0.938. The van der Waals surface area contributed by atoms with Gasteiger partial charge in [0.2, 0.25) is 0 Å². The van der Waals surface area contributed by atoms with Crippen molar-refractivity contribution in [1.82, 2.24) is 9.88 Å². The first kappa shape index (κ1) is 21.0. The quantitative estimate of drug-likeness (QED) is 0.760. The highest BCUT2D eigenvalue weighted by Crippen LogP contribution is 2.35. The highest BCUT2D eigenvalue weighted by Gasteiger charge is 2.38. The zero-order valence-corrected chi connectivity index (χ0v) is 16.9. The van der Waals surface area contributed by atoms with Crippen molar-refractivity contribution in [1.29, 1.82) is 0 Å². The van der Waals surface area contributed by atoms with E-state index in [9.17, 15) is 18.7 Å². The molecule has 1 saturated heterocycles. The van der Waals surface area contributed by atoms with E-state index in [1.54, 1.807) is 18.3 Å². The van der Waals surface area contributed by atoms with Crippen molar-refractivity contribution in [3.8, 4) is 16.9 Å². The molecule has 2 aromatic rings. The standard InChI is InChI=1S/C22H26F2N2O3/c1-22(2,3)19-9-14(6-8-26(19)21(27)28)13-29-20-17(23)10-16(11-18(20)24)15-5-4-7-25-12-15/h4-5,7,10-12,14,19H,6,8-9,13H2,1-3H3,(H,27,28). The Morgan fingerprint density at radius 3 is 2.52 bits per heavy atom. The number of pyridine rings is 1. The molecule has 0 bridgehead atoms. The third-order valence-electron chi connectivity index (χ3n) is 5.41. The van der Waals surface area contributed by atoms with Gasteiger partial charge in [0.15, 0.2) is 17.4 Å². The van der Waals surface area contributed by atoms with Crippen molar-refractivity contribution in [2.45, 2.75) is 39.7 Å². The number of carbonyl (C=O) groups is 1. The molecule has 156 valence electrons. The van der Waals surface area contributed by atoms with Crippen molar-refractivity contribution in [2.24, 2.45) is 11.3 Å². The van der Waals surface area contributed by atoms with Gasteiger partial charge in [-0.3, -0.25) is 4.98 Å². The molecule has 7 heteroatoms. The average Bonchev–Trinajstić information content (AvgIpc) is 2.67. The van der Waals surface area contributed by atoms with E-state index in [-0.39, 0.29) is 24.0 Å². The Labute approximate surface area is 169 Å². The number of likely N-dealkylation sites (tertiary alicyclic amines) is 1. The number of amides is 1. The molecule has 1 aromatic heterocycles. The van der Waals surface area contributed by atoms with Crippen LogP contribution < -0.4 is 4.74 Å². The molecule has 0 radical (unpaired) electrons. The number of aromatic nitrogens is 1. The highest BCUT2D eigenvalue weighted by atomic mass is 19.1.